The zero-order valence-electron chi connectivity index (χ0n) is 16.7. The topological polar surface area (TPSA) is 68.3 Å². The Morgan fingerprint density at radius 3 is 2.45 bits per heavy atom. The molecule has 0 unspecified atom stereocenters. The molecule has 0 radical (unpaired) electrons. The second kappa shape index (κ2) is 9.50. The Bertz CT molecular complexity index is 1230. The summed E-state index contributed by atoms with van der Waals surface area (Å²) in [5.41, 5.74) is 2.81. The van der Waals surface area contributed by atoms with Gasteiger partial charge < -0.3 is 10.1 Å². The molecular formula is C26H20N2O3. The number of para-hydroxylation sites is 1. The summed E-state index contributed by atoms with van der Waals surface area (Å²) in [4.78, 5) is 28.9. The van der Waals surface area contributed by atoms with E-state index in [1.165, 1.54) is 6.08 Å². The molecule has 0 bridgehead atoms. The number of anilines is 1. The van der Waals surface area contributed by atoms with E-state index in [1.807, 2.05) is 54.6 Å². The van der Waals surface area contributed by atoms with E-state index >= 15 is 0 Å². The average Bonchev–Trinajstić information content (AvgIpc) is 2.82. The summed E-state index contributed by atoms with van der Waals surface area (Å²) >= 11 is 0. The van der Waals surface area contributed by atoms with E-state index < -0.39 is 0 Å². The third kappa shape index (κ3) is 5.22. The summed E-state index contributed by atoms with van der Waals surface area (Å²) in [6.45, 7) is -0.143. The van der Waals surface area contributed by atoms with Crippen molar-refractivity contribution in [2.24, 2.45) is 0 Å². The lowest BCUT2D eigenvalue weighted by Gasteiger charge is -2.09. The average molecular weight is 408 g/mol. The minimum Gasteiger partial charge on any atom is -0.481 e. The van der Waals surface area contributed by atoms with Gasteiger partial charge in [0.2, 0.25) is 0 Å². The lowest BCUT2D eigenvalue weighted by molar-refractivity contribution is -0.118. The van der Waals surface area contributed by atoms with Crippen LogP contribution in [0.1, 0.15) is 15.9 Å². The van der Waals surface area contributed by atoms with Crippen LogP contribution in [0.4, 0.5) is 5.69 Å². The lowest BCUT2D eigenvalue weighted by Crippen LogP contribution is -2.20. The van der Waals surface area contributed by atoms with E-state index in [0.717, 1.165) is 10.9 Å². The highest BCUT2D eigenvalue weighted by Crippen LogP contribution is 2.22. The second-order valence-electron chi connectivity index (χ2n) is 6.85. The highest BCUT2D eigenvalue weighted by atomic mass is 16.5. The Morgan fingerprint density at radius 1 is 0.871 bits per heavy atom. The number of carbonyl (C=O) groups excluding carboxylic acids is 2. The van der Waals surface area contributed by atoms with Crippen molar-refractivity contribution < 1.29 is 14.3 Å². The minimum absolute atomic E-state index is 0.103. The van der Waals surface area contributed by atoms with Crippen molar-refractivity contribution in [2.75, 3.05) is 11.9 Å². The van der Waals surface area contributed by atoms with Crippen molar-refractivity contribution in [1.29, 1.82) is 0 Å². The highest BCUT2D eigenvalue weighted by Gasteiger charge is 2.08. The molecule has 0 saturated carbocycles. The van der Waals surface area contributed by atoms with E-state index in [0.29, 0.717) is 22.5 Å². The van der Waals surface area contributed by atoms with Gasteiger partial charge in [-0.2, -0.15) is 0 Å². The number of nitrogens with one attached hydrogen (secondary N) is 1. The van der Waals surface area contributed by atoms with Crippen LogP contribution in [-0.4, -0.2) is 23.3 Å². The predicted octanol–water partition coefficient (Wildman–Crippen LogP) is 5.15. The SMILES string of the molecule is O=C(COc1cccc2cccnc12)Nc1ccc(C(=O)/C=C/c2ccccc2)cc1. The van der Waals surface area contributed by atoms with E-state index in [2.05, 4.69) is 10.3 Å². The van der Waals surface area contributed by atoms with Crippen molar-refractivity contribution in [3.8, 4) is 5.75 Å². The number of hydrogen-bond acceptors (Lipinski definition) is 4. The highest BCUT2D eigenvalue weighted by molar-refractivity contribution is 6.07. The molecule has 0 aliphatic heterocycles. The van der Waals surface area contributed by atoms with Gasteiger partial charge in [-0.3, -0.25) is 14.6 Å². The summed E-state index contributed by atoms with van der Waals surface area (Å²) in [7, 11) is 0. The maximum atomic E-state index is 12.3. The van der Waals surface area contributed by atoms with Gasteiger partial charge in [0.25, 0.3) is 5.91 Å². The standard InChI is InChI=1S/C26H20N2O3/c29-23(16-11-19-6-2-1-3-7-19)20-12-14-22(15-13-20)28-25(30)18-31-24-10-4-8-21-9-5-17-27-26(21)24/h1-17H,18H2,(H,28,30)/b16-11+. The summed E-state index contributed by atoms with van der Waals surface area (Å²) in [5, 5.41) is 3.72. The maximum Gasteiger partial charge on any atom is 0.262 e. The number of aromatic nitrogens is 1. The van der Waals surface area contributed by atoms with Crippen LogP contribution in [0.5, 0.6) is 5.75 Å². The molecule has 0 saturated heterocycles. The third-order valence-electron chi connectivity index (χ3n) is 4.63. The monoisotopic (exact) mass is 408 g/mol. The molecule has 0 spiro atoms. The minimum atomic E-state index is -0.295. The van der Waals surface area contributed by atoms with Gasteiger partial charge in [-0.1, -0.05) is 54.6 Å². The predicted molar refractivity (Wildman–Crippen MR) is 122 cm³/mol. The molecule has 4 aromatic rings. The van der Waals surface area contributed by atoms with Crippen LogP contribution in [0, 0.1) is 0 Å². The number of nitrogens with zero attached hydrogens (tertiary/aromatic N) is 1. The Labute approximate surface area is 180 Å². The fourth-order valence-corrected chi connectivity index (χ4v) is 3.08. The van der Waals surface area contributed by atoms with Crippen molar-refractivity contribution in [2.45, 2.75) is 0 Å². The molecule has 5 nitrogen and oxygen atoms in total. The van der Waals surface area contributed by atoms with Crippen LogP contribution in [0.2, 0.25) is 0 Å². The quantitative estimate of drug-likeness (QED) is 0.339. The molecule has 0 aliphatic carbocycles. The van der Waals surface area contributed by atoms with E-state index in [4.69, 9.17) is 4.74 Å². The number of pyridine rings is 1. The number of amides is 1. The largest absolute Gasteiger partial charge is 0.481 e. The molecule has 1 aromatic heterocycles. The van der Waals surface area contributed by atoms with Crippen molar-refractivity contribution in [3.05, 3.63) is 108 Å². The van der Waals surface area contributed by atoms with E-state index in [1.54, 1.807) is 42.6 Å². The first kappa shape index (κ1) is 20.0. The van der Waals surface area contributed by atoms with Gasteiger partial charge in [0.1, 0.15) is 11.3 Å². The van der Waals surface area contributed by atoms with Gasteiger partial charge in [0.05, 0.1) is 0 Å². The molecule has 0 fully saturated rings. The Kier molecular flexibility index (Phi) is 6.14. The van der Waals surface area contributed by atoms with Gasteiger partial charge in [0.15, 0.2) is 12.4 Å². The van der Waals surface area contributed by atoms with Crippen molar-refractivity contribution in [1.82, 2.24) is 4.98 Å². The zero-order valence-corrected chi connectivity index (χ0v) is 16.7. The summed E-state index contributed by atoms with van der Waals surface area (Å²) in [5.74, 6) is 0.156. The molecule has 1 heterocycles. The fraction of sp³-hybridized carbons (Fsp3) is 0.0385. The Hall–Kier alpha value is -4.25. The van der Waals surface area contributed by atoms with E-state index in [9.17, 15) is 9.59 Å². The molecule has 0 atom stereocenters. The number of rotatable bonds is 7. The Morgan fingerprint density at radius 2 is 1.65 bits per heavy atom. The van der Waals surface area contributed by atoms with Gasteiger partial charge >= 0.3 is 0 Å². The molecular weight excluding hydrogens is 388 g/mol. The van der Waals surface area contributed by atoms with Gasteiger partial charge in [-0.15, -0.1) is 0 Å². The second-order valence-corrected chi connectivity index (χ2v) is 6.85. The number of benzene rings is 3. The Balaban J connectivity index is 1.33. The first-order valence-electron chi connectivity index (χ1n) is 9.83. The zero-order chi connectivity index (χ0) is 21.5. The van der Waals surface area contributed by atoms with Crippen LogP contribution < -0.4 is 10.1 Å². The van der Waals surface area contributed by atoms with Crippen LogP contribution in [0.3, 0.4) is 0 Å². The molecule has 1 amide bonds. The number of hydrogen-bond donors (Lipinski definition) is 1. The number of carbonyl (C=O) groups is 2. The molecule has 0 aliphatic rings. The first-order valence-corrected chi connectivity index (χ1v) is 9.83. The number of ether oxygens (including phenoxy) is 1. The summed E-state index contributed by atoms with van der Waals surface area (Å²) in [6, 6.07) is 25.8. The number of allylic oxidation sites excluding steroid dienone is 1. The van der Waals surface area contributed by atoms with Crippen molar-refractivity contribution in [3.63, 3.8) is 0 Å². The van der Waals surface area contributed by atoms with Gasteiger partial charge in [-0.25, -0.2) is 0 Å². The molecule has 4 rings (SSSR count). The first-order chi connectivity index (χ1) is 15.2. The maximum absolute atomic E-state index is 12.3. The summed E-state index contributed by atoms with van der Waals surface area (Å²) < 4.78 is 5.65. The van der Waals surface area contributed by atoms with Crippen molar-refractivity contribution >= 4 is 34.4 Å². The molecule has 1 N–H and O–H groups in total. The normalized spacial score (nSPS) is 10.8. The number of fused-ring (bicyclic) bond motifs is 1. The van der Waals surface area contributed by atoms with Crippen LogP contribution >= 0.6 is 0 Å². The van der Waals surface area contributed by atoms with Crippen LogP contribution in [0.25, 0.3) is 17.0 Å². The van der Waals surface area contributed by atoms with Gasteiger partial charge in [0, 0.05) is 22.8 Å². The van der Waals surface area contributed by atoms with Crippen LogP contribution in [-0.2, 0) is 4.79 Å². The smallest absolute Gasteiger partial charge is 0.262 e. The number of ketones is 1. The van der Waals surface area contributed by atoms with Gasteiger partial charge in [-0.05, 0) is 48.0 Å². The lowest BCUT2D eigenvalue weighted by atomic mass is 10.1. The van der Waals surface area contributed by atoms with E-state index in [-0.39, 0.29) is 18.3 Å². The third-order valence-corrected chi connectivity index (χ3v) is 4.63. The van der Waals surface area contributed by atoms with Crippen LogP contribution in [0.15, 0.2) is 97.2 Å². The molecule has 152 valence electrons. The summed E-state index contributed by atoms with van der Waals surface area (Å²) in [6.07, 6.45) is 5.00. The fourth-order valence-electron chi connectivity index (χ4n) is 3.08. The molecule has 31 heavy (non-hydrogen) atoms. The molecule has 3 aromatic carbocycles. The molecule has 5 heteroatoms.